The van der Waals surface area contributed by atoms with Crippen molar-refractivity contribution >= 4 is 16.5 Å². The molecule has 3 heterocycles. The first kappa shape index (κ1) is 13.3. The summed E-state index contributed by atoms with van der Waals surface area (Å²) < 4.78 is 39.4. The Morgan fingerprint density at radius 3 is 2.50 bits per heavy atom. The molecule has 0 amide bonds. The average molecular weight is 303 g/mol. The van der Waals surface area contributed by atoms with Gasteiger partial charge in [0, 0.05) is 25.5 Å². The quantitative estimate of drug-likeness (QED) is 0.855. The summed E-state index contributed by atoms with van der Waals surface area (Å²) in [6, 6.07) is 2.17. The Balaban J connectivity index is 1.65. The van der Waals surface area contributed by atoms with Gasteiger partial charge in [-0.2, -0.15) is 18.3 Å². The zero-order chi connectivity index (χ0) is 14.2. The maximum atomic E-state index is 12.5. The van der Waals surface area contributed by atoms with Gasteiger partial charge in [0.1, 0.15) is 0 Å². The summed E-state index contributed by atoms with van der Waals surface area (Å²) in [6.45, 7) is 1.33. The minimum atomic E-state index is -4.41. The van der Waals surface area contributed by atoms with Crippen LogP contribution < -0.4 is 4.90 Å². The van der Waals surface area contributed by atoms with Crippen molar-refractivity contribution in [3.8, 4) is 0 Å². The molecule has 1 fully saturated rings. The smallest absolute Gasteiger partial charge is 0.346 e. The van der Waals surface area contributed by atoms with Gasteiger partial charge in [-0.1, -0.05) is 11.3 Å². The van der Waals surface area contributed by atoms with Crippen LogP contribution in [-0.2, 0) is 6.18 Å². The van der Waals surface area contributed by atoms with E-state index in [2.05, 4.69) is 15.3 Å². The summed E-state index contributed by atoms with van der Waals surface area (Å²) in [5.74, 6) is 0. The molecule has 1 saturated heterocycles. The normalized spacial score (nSPS) is 17.6. The lowest BCUT2D eigenvalue weighted by Gasteiger charge is -2.31. The van der Waals surface area contributed by atoms with Crippen molar-refractivity contribution in [3.05, 3.63) is 23.5 Å². The number of halogens is 3. The summed E-state index contributed by atoms with van der Waals surface area (Å²) in [7, 11) is 0. The molecule has 0 spiro atoms. The van der Waals surface area contributed by atoms with E-state index in [0.29, 0.717) is 35.6 Å². The van der Waals surface area contributed by atoms with Crippen LogP contribution in [0.4, 0.5) is 18.3 Å². The van der Waals surface area contributed by atoms with E-state index in [9.17, 15) is 13.2 Å². The molecule has 2 aromatic rings. The number of piperidine rings is 1. The molecule has 0 aliphatic carbocycles. The first-order valence-corrected chi connectivity index (χ1v) is 7.00. The van der Waals surface area contributed by atoms with Gasteiger partial charge in [-0.15, -0.1) is 10.2 Å². The largest absolute Gasteiger partial charge is 0.445 e. The van der Waals surface area contributed by atoms with E-state index in [1.54, 1.807) is 6.20 Å². The number of rotatable bonds is 2. The monoisotopic (exact) mass is 303 g/mol. The SMILES string of the molecule is FC(F)(F)c1nnc(N2CCC(n3cccn3)CC2)s1. The highest BCUT2D eigenvalue weighted by Crippen LogP contribution is 2.35. The summed E-state index contributed by atoms with van der Waals surface area (Å²) in [6.07, 6.45) is 0.897. The van der Waals surface area contributed by atoms with Gasteiger partial charge in [0.25, 0.3) is 0 Å². The Morgan fingerprint density at radius 2 is 1.95 bits per heavy atom. The fraction of sp³-hybridized carbons (Fsp3) is 0.545. The van der Waals surface area contributed by atoms with Crippen molar-refractivity contribution in [2.75, 3.05) is 18.0 Å². The predicted octanol–water partition coefficient (Wildman–Crippen LogP) is 2.59. The van der Waals surface area contributed by atoms with Crippen molar-refractivity contribution in [1.29, 1.82) is 0 Å². The number of hydrogen-bond acceptors (Lipinski definition) is 5. The highest BCUT2D eigenvalue weighted by molar-refractivity contribution is 7.15. The molecule has 0 N–H and O–H groups in total. The van der Waals surface area contributed by atoms with Crippen molar-refractivity contribution in [3.63, 3.8) is 0 Å². The summed E-state index contributed by atoms with van der Waals surface area (Å²) >= 11 is 0.601. The molecule has 0 bridgehead atoms. The van der Waals surface area contributed by atoms with E-state index in [1.807, 2.05) is 21.8 Å². The molecule has 0 saturated carbocycles. The van der Waals surface area contributed by atoms with E-state index in [4.69, 9.17) is 0 Å². The molecule has 0 radical (unpaired) electrons. The number of anilines is 1. The Hall–Kier alpha value is -1.64. The van der Waals surface area contributed by atoms with Crippen LogP contribution >= 0.6 is 11.3 Å². The van der Waals surface area contributed by atoms with E-state index in [1.165, 1.54) is 0 Å². The third-order valence-corrected chi connectivity index (χ3v) is 4.32. The molecule has 2 aromatic heterocycles. The number of nitrogens with zero attached hydrogens (tertiary/aromatic N) is 5. The highest BCUT2D eigenvalue weighted by Gasteiger charge is 2.36. The molecular weight excluding hydrogens is 291 g/mol. The van der Waals surface area contributed by atoms with Gasteiger partial charge < -0.3 is 4.90 Å². The second-order valence-corrected chi connectivity index (χ2v) is 5.55. The Morgan fingerprint density at radius 1 is 1.20 bits per heavy atom. The zero-order valence-electron chi connectivity index (χ0n) is 10.4. The van der Waals surface area contributed by atoms with Crippen LogP contribution in [0.1, 0.15) is 23.9 Å². The minimum Gasteiger partial charge on any atom is -0.346 e. The maximum absolute atomic E-state index is 12.5. The number of hydrogen-bond donors (Lipinski definition) is 0. The Labute approximate surface area is 117 Å². The van der Waals surface area contributed by atoms with Crippen LogP contribution in [-0.4, -0.2) is 33.1 Å². The molecular formula is C11H12F3N5S. The first-order chi connectivity index (χ1) is 9.54. The summed E-state index contributed by atoms with van der Waals surface area (Å²) in [4.78, 5) is 1.85. The minimum absolute atomic E-state index is 0.302. The van der Waals surface area contributed by atoms with Crippen molar-refractivity contribution in [2.45, 2.75) is 25.1 Å². The maximum Gasteiger partial charge on any atom is 0.445 e. The molecule has 108 valence electrons. The van der Waals surface area contributed by atoms with Crippen LogP contribution in [0.2, 0.25) is 0 Å². The molecule has 0 atom stereocenters. The summed E-state index contributed by atoms with van der Waals surface area (Å²) in [5, 5.41) is 10.5. The zero-order valence-corrected chi connectivity index (χ0v) is 11.2. The number of aromatic nitrogens is 4. The third-order valence-electron chi connectivity index (χ3n) is 3.29. The van der Waals surface area contributed by atoms with E-state index >= 15 is 0 Å². The van der Waals surface area contributed by atoms with Gasteiger partial charge in [-0.25, -0.2) is 0 Å². The molecule has 9 heteroatoms. The topological polar surface area (TPSA) is 46.8 Å². The van der Waals surface area contributed by atoms with Crippen LogP contribution in [0, 0.1) is 0 Å². The molecule has 3 rings (SSSR count). The van der Waals surface area contributed by atoms with E-state index < -0.39 is 11.2 Å². The Kier molecular flexibility index (Phi) is 3.36. The fourth-order valence-corrected chi connectivity index (χ4v) is 3.04. The Bertz CT molecular complexity index is 557. The van der Waals surface area contributed by atoms with Gasteiger partial charge in [0.05, 0.1) is 6.04 Å². The van der Waals surface area contributed by atoms with Gasteiger partial charge in [0.2, 0.25) is 10.1 Å². The number of alkyl halides is 3. The molecule has 1 aliphatic rings. The molecule has 5 nitrogen and oxygen atoms in total. The standard InChI is InChI=1S/C11H12F3N5S/c12-11(13,14)9-16-17-10(20-9)18-6-2-8(3-7-18)19-5-1-4-15-19/h1,4-5,8H,2-3,6-7H2. The van der Waals surface area contributed by atoms with Gasteiger partial charge in [-0.05, 0) is 18.9 Å². The van der Waals surface area contributed by atoms with Crippen LogP contribution in [0.15, 0.2) is 18.5 Å². The third kappa shape index (κ3) is 2.62. The predicted molar refractivity (Wildman–Crippen MR) is 67.6 cm³/mol. The van der Waals surface area contributed by atoms with Crippen molar-refractivity contribution in [1.82, 2.24) is 20.0 Å². The molecule has 1 aliphatic heterocycles. The van der Waals surface area contributed by atoms with Crippen molar-refractivity contribution < 1.29 is 13.2 Å². The highest BCUT2D eigenvalue weighted by atomic mass is 32.1. The van der Waals surface area contributed by atoms with Crippen LogP contribution in [0.25, 0.3) is 0 Å². The average Bonchev–Trinajstić information content (AvgIpc) is 3.10. The van der Waals surface area contributed by atoms with Crippen molar-refractivity contribution in [2.24, 2.45) is 0 Å². The van der Waals surface area contributed by atoms with E-state index in [0.717, 1.165) is 12.8 Å². The lowest BCUT2D eigenvalue weighted by Crippen LogP contribution is -2.34. The van der Waals surface area contributed by atoms with Crippen LogP contribution in [0.3, 0.4) is 0 Å². The molecule has 0 aromatic carbocycles. The van der Waals surface area contributed by atoms with Gasteiger partial charge in [-0.3, -0.25) is 4.68 Å². The van der Waals surface area contributed by atoms with Gasteiger partial charge in [0.15, 0.2) is 0 Å². The van der Waals surface area contributed by atoms with Gasteiger partial charge >= 0.3 is 6.18 Å². The van der Waals surface area contributed by atoms with Crippen LogP contribution in [0.5, 0.6) is 0 Å². The lowest BCUT2D eigenvalue weighted by molar-refractivity contribution is -0.138. The second-order valence-electron chi connectivity index (χ2n) is 4.59. The second kappa shape index (κ2) is 5.04. The molecule has 20 heavy (non-hydrogen) atoms. The fourth-order valence-electron chi connectivity index (χ4n) is 2.28. The molecule has 0 unspecified atom stereocenters. The van der Waals surface area contributed by atoms with E-state index in [-0.39, 0.29) is 0 Å². The summed E-state index contributed by atoms with van der Waals surface area (Å²) in [5.41, 5.74) is 0. The first-order valence-electron chi connectivity index (χ1n) is 6.19. The lowest BCUT2D eigenvalue weighted by atomic mass is 10.1.